The molecule has 1 aromatic carbocycles. The number of anilines is 1. The molecule has 1 heterocycles. The SMILES string of the molecule is Cc1cccc(NC(=O)c2cncc(Cl)n2)c1C. The lowest BCUT2D eigenvalue weighted by atomic mass is 10.1. The Kier molecular flexibility index (Phi) is 3.58. The minimum absolute atomic E-state index is 0.198. The second-order valence-electron chi connectivity index (χ2n) is 3.93. The van der Waals surface area contributed by atoms with Gasteiger partial charge in [0, 0.05) is 5.69 Å². The van der Waals surface area contributed by atoms with Crippen molar-refractivity contribution in [3.05, 3.63) is 52.6 Å². The third-order valence-corrected chi connectivity index (χ3v) is 2.87. The van der Waals surface area contributed by atoms with Crippen LogP contribution < -0.4 is 5.32 Å². The number of nitrogens with zero attached hydrogens (tertiary/aromatic N) is 2. The molecule has 0 aliphatic heterocycles. The van der Waals surface area contributed by atoms with Gasteiger partial charge in [-0.1, -0.05) is 23.7 Å². The second kappa shape index (κ2) is 5.14. The summed E-state index contributed by atoms with van der Waals surface area (Å²) in [5.74, 6) is -0.321. The Morgan fingerprint density at radius 1 is 1.28 bits per heavy atom. The van der Waals surface area contributed by atoms with Crippen LogP contribution in [0.1, 0.15) is 21.6 Å². The summed E-state index contributed by atoms with van der Waals surface area (Å²) < 4.78 is 0. The fraction of sp³-hybridized carbons (Fsp3) is 0.154. The van der Waals surface area contributed by atoms with Crippen molar-refractivity contribution in [2.75, 3.05) is 5.32 Å². The number of carbonyl (C=O) groups is 1. The predicted octanol–water partition coefficient (Wildman–Crippen LogP) is 3.00. The number of aromatic nitrogens is 2. The van der Waals surface area contributed by atoms with Crippen molar-refractivity contribution in [1.29, 1.82) is 0 Å². The summed E-state index contributed by atoms with van der Waals surface area (Å²) in [4.78, 5) is 19.7. The number of benzene rings is 1. The number of nitrogens with one attached hydrogen (secondary N) is 1. The number of hydrogen-bond acceptors (Lipinski definition) is 3. The van der Waals surface area contributed by atoms with Gasteiger partial charge in [0.15, 0.2) is 0 Å². The zero-order chi connectivity index (χ0) is 13.1. The summed E-state index contributed by atoms with van der Waals surface area (Å²) in [5, 5.41) is 2.99. The Hall–Kier alpha value is -1.94. The van der Waals surface area contributed by atoms with Gasteiger partial charge in [-0.15, -0.1) is 0 Å². The lowest BCUT2D eigenvalue weighted by Gasteiger charge is -2.09. The van der Waals surface area contributed by atoms with Crippen molar-refractivity contribution in [1.82, 2.24) is 9.97 Å². The van der Waals surface area contributed by atoms with Crippen LogP contribution in [0.3, 0.4) is 0 Å². The summed E-state index contributed by atoms with van der Waals surface area (Å²) in [5.41, 5.74) is 3.11. The Bertz CT molecular complexity index is 599. The predicted molar refractivity (Wildman–Crippen MR) is 70.9 cm³/mol. The summed E-state index contributed by atoms with van der Waals surface area (Å²) in [6, 6.07) is 5.73. The molecule has 0 spiro atoms. The number of carbonyl (C=O) groups excluding carboxylic acids is 1. The fourth-order valence-corrected chi connectivity index (χ4v) is 1.67. The van der Waals surface area contributed by atoms with E-state index in [4.69, 9.17) is 11.6 Å². The smallest absolute Gasteiger partial charge is 0.275 e. The van der Waals surface area contributed by atoms with Crippen molar-refractivity contribution >= 4 is 23.2 Å². The second-order valence-corrected chi connectivity index (χ2v) is 4.32. The summed E-state index contributed by atoms with van der Waals surface area (Å²) in [6.07, 6.45) is 2.77. The van der Waals surface area contributed by atoms with Crippen LogP contribution in [0.25, 0.3) is 0 Å². The first-order chi connectivity index (χ1) is 8.58. The van der Waals surface area contributed by atoms with Crippen LogP contribution >= 0.6 is 11.6 Å². The Balaban J connectivity index is 2.24. The molecule has 4 nitrogen and oxygen atoms in total. The van der Waals surface area contributed by atoms with E-state index in [1.807, 2.05) is 32.0 Å². The molecule has 0 radical (unpaired) electrons. The molecule has 2 aromatic rings. The van der Waals surface area contributed by atoms with Crippen molar-refractivity contribution < 1.29 is 4.79 Å². The summed E-state index contributed by atoms with van der Waals surface area (Å²) in [6.45, 7) is 3.94. The van der Waals surface area contributed by atoms with Crippen LogP contribution in [-0.4, -0.2) is 15.9 Å². The average molecular weight is 262 g/mol. The van der Waals surface area contributed by atoms with E-state index in [0.29, 0.717) is 0 Å². The van der Waals surface area contributed by atoms with Gasteiger partial charge in [0.05, 0.1) is 12.4 Å². The van der Waals surface area contributed by atoms with E-state index in [2.05, 4.69) is 15.3 Å². The third kappa shape index (κ3) is 2.65. The molecule has 92 valence electrons. The van der Waals surface area contributed by atoms with E-state index < -0.39 is 0 Å². The van der Waals surface area contributed by atoms with Crippen molar-refractivity contribution in [2.24, 2.45) is 0 Å². The topological polar surface area (TPSA) is 54.9 Å². The summed E-state index contributed by atoms with van der Waals surface area (Å²) in [7, 11) is 0. The molecule has 1 aromatic heterocycles. The molecule has 18 heavy (non-hydrogen) atoms. The van der Waals surface area contributed by atoms with Gasteiger partial charge >= 0.3 is 0 Å². The van der Waals surface area contributed by atoms with Crippen molar-refractivity contribution in [3.63, 3.8) is 0 Å². The van der Waals surface area contributed by atoms with Gasteiger partial charge in [-0.2, -0.15) is 0 Å². The van der Waals surface area contributed by atoms with E-state index in [9.17, 15) is 4.79 Å². The Morgan fingerprint density at radius 3 is 2.78 bits per heavy atom. The van der Waals surface area contributed by atoms with Crippen molar-refractivity contribution in [2.45, 2.75) is 13.8 Å². The van der Waals surface area contributed by atoms with E-state index in [0.717, 1.165) is 16.8 Å². The molecule has 0 saturated heterocycles. The molecule has 0 fully saturated rings. The van der Waals surface area contributed by atoms with Gasteiger partial charge in [-0.3, -0.25) is 9.78 Å². The maximum atomic E-state index is 12.0. The standard InChI is InChI=1S/C13H12ClN3O/c1-8-4-3-5-10(9(8)2)17-13(18)11-6-15-7-12(14)16-11/h3-7H,1-2H3,(H,17,18). The molecule has 1 N–H and O–H groups in total. The Labute approximate surface area is 110 Å². The maximum Gasteiger partial charge on any atom is 0.275 e. The van der Waals surface area contributed by atoms with Gasteiger partial charge in [0.2, 0.25) is 0 Å². The molecule has 0 aliphatic carbocycles. The lowest BCUT2D eigenvalue weighted by molar-refractivity contribution is 0.102. The first kappa shape index (κ1) is 12.5. The normalized spacial score (nSPS) is 10.2. The zero-order valence-electron chi connectivity index (χ0n) is 10.1. The van der Waals surface area contributed by atoms with E-state index in [-0.39, 0.29) is 16.8 Å². The van der Waals surface area contributed by atoms with Gasteiger partial charge in [0.25, 0.3) is 5.91 Å². The van der Waals surface area contributed by atoms with E-state index in [1.54, 1.807) is 0 Å². The monoisotopic (exact) mass is 261 g/mol. The number of amides is 1. The van der Waals surface area contributed by atoms with Gasteiger partial charge in [-0.25, -0.2) is 4.98 Å². The average Bonchev–Trinajstić information content (AvgIpc) is 2.35. The quantitative estimate of drug-likeness (QED) is 0.904. The van der Waals surface area contributed by atoms with Crippen LogP contribution in [0.5, 0.6) is 0 Å². The van der Waals surface area contributed by atoms with Crippen LogP contribution in [0.2, 0.25) is 5.15 Å². The number of aryl methyl sites for hydroxylation is 1. The largest absolute Gasteiger partial charge is 0.320 e. The highest BCUT2D eigenvalue weighted by molar-refractivity contribution is 6.29. The zero-order valence-corrected chi connectivity index (χ0v) is 10.8. The van der Waals surface area contributed by atoms with Gasteiger partial charge in [-0.05, 0) is 31.0 Å². The molecule has 0 saturated carbocycles. The minimum Gasteiger partial charge on any atom is -0.320 e. The lowest BCUT2D eigenvalue weighted by Crippen LogP contribution is -2.15. The van der Waals surface area contributed by atoms with Crippen LogP contribution in [0.4, 0.5) is 5.69 Å². The highest BCUT2D eigenvalue weighted by Crippen LogP contribution is 2.18. The molecular formula is C13H12ClN3O. The third-order valence-electron chi connectivity index (χ3n) is 2.69. The van der Waals surface area contributed by atoms with Crippen molar-refractivity contribution in [3.8, 4) is 0 Å². The van der Waals surface area contributed by atoms with E-state index in [1.165, 1.54) is 12.4 Å². The molecule has 5 heteroatoms. The van der Waals surface area contributed by atoms with Gasteiger partial charge in [0.1, 0.15) is 10.8 Å². The Morgan fingerprint density at radius 2 is 2.06 bits per heavy atom. The number of halogens is 1. The molecule has 0 atom stereocenters. The van der Waals surface area contributed by atoms with Gasteiger partial charge < -0.3 is 5.32 Å². The number of rotatable bonds is 2. The van der Waals surface area contributed by atoms with Crippen LogP contribution in [-0.2, 0) is 0 Å². The van der Waals surface area contributed by atoms with Crippen LogP contribution in [0.15, 0.2) is 30.6 Å². The first-order valence-electron chi connectivity index (χ1n) is 5.43. The summed E-state index contributed by atoms with van der Waals surface area (Å²) >= 11 is 5.69. The first-order valence-corrected chi connectivity index (χ1v) is 5.81. The van der Waals surface area contributed by atoms with E-state index >= 15 is 0 Å². The fourth-order valence-electron chi connectivity index (χ4n) is 1.52. The molecule has 1 amide bonds. The molecule has 0 aliphatic rings. The maximum absolute atomic E-state index is 12.0. The molecule has 0 bridgehead atoms. The molecular weight excluding hydrogens is 250 g/mol. The molecule has 2 rings (SSSR count). The highest BCUT2D eigenvalue weighted by Gasteiger charge is 2.10. The van der Waals surface area contributed by atoms with Crippen LogP contribution in [0, 0.1) is 13.8 Å². The number of hydrogen-bond donors (Lipinski definition) is 1. The molecule has 0 unspecified atom stereocenters. The highest BCUT2D eigenvalue weighted by atomic mass is 35.5. The minimum atomic E-state index is -0.321.